The van der Waals surface area contributed by atoms with Crippen molar-refractivity contribution in [1.29, 1.82) is 0 Å². The monoisotopic (exact) mass is 249 g/mol. The van der Waals surface area contributed by atoms with Crippen LogP contribution in [-0.2, 0) is 0 Å². The minimum atomic E-state index is -0.824. The molecule has 0 aromatic heterocycles. The Morgan fingerprint density at radius 3 is 2.50 bits per heavy atom. The molecule has 2 nitrogen and oxygen atoms in total. The van der Waals surface area contributed by atoms with Gasteiger partial charge in [-0.2, -0.15) is 0 Å². The molecule has 2 aromatic rings. The Hall–Kier alpha value is -2.10. The van der Waals surface area contributed by atoms with Crippen molar-refractivity contribution < 1.29 is 13.5 Å². The average molecular weight is 249 g/mol. The zero-order valence-corrected chi connectivity index (χ0v) is 10.1. The predicted molar refractivity (Wildman–Crippen MR) is 66.8 cm³/mol. The maximum Gasteiger partial charge on any atom is 0.156 e. The molecule has 0 aliphatic heterocycles. The summed E-state index contributed by atoms with van der Waals surface area (Å²) in [4.78, 5) is 0. The van der Waals surface area contributed by atoms with Gasteiger partial charge in [0.25, 0.3) is 0 Å². The summed E-state index contributed by atoms with van der Waals surface area (Å²) in [6.45, 7) is 3.80. The number of nitrogen functional groups attached to an aromatic ring is 1. The van der Waals surface area contributed by atoms with E-state index in [4.69, 9.17) is 10.5 Å². The smallest absolute Gasteiger partial charge is 0.156 e. The number of anilines is 1. The molecule has 94 valence electrons. The van der Waals surface area contributed by atoms with Crippen molar-refractivity contribution in [3.8, 4) is 11.5 Å². The van der Waals surface area contributed by atoms with Gasteiger partial charge in [0.2, 0.25) is 0 Å². The highest BCUT2D eigenvalue weighted by atomic mass is 19.1. The summed E-state index contributed by atoms with van der Waals surface area (Å²) in [5.41, 5.74) is 7.26. The molecule has 0 heterocycles. The fourth-order valence-corrected chi connectivity index (χ4v) is 1.60. The number of halogens is 2. The Kier molecular flexibility index (Phi) is 3.19. The van der Waals surface area contributed by atoms with E-state index in [1.54, 1.807) is 6.07 Å². The van der Waals surface area contributed by atoms with Crippen LogP contribution in [-0.4, -0.2) is 0 Å². The average Bonchev–Trinajstić information content (AvgIpc) is 2.31. The van der Waals surface area contributed by atoms with Crippen LogP contribution in [0.5, 0.6) is 11.5 Å². The summed E-state index contributed by atoms with van der Waals surface area (Å²) in [5.74, 6) is -1.02. The fraction of sp³-hybridized carbons (Fsp3) is 0.143. The third kappa shape index (κ3) is 2.27. The van der Waals surface area contributed by atoms with E-state index in [-0.39, 0.29) is 11.4 Å². The number of benzene rings is 2. The molecule has 2 aromatic carbocycles. The molecule has 0 atom stereocenters. The van der Waals surface area contributed by atoms with Crippen LogP contribution in [0.1, 0.15) is 11.1 Å². The molecule has 0 aliphatic rings. The van der Waals surface area contributed by atoms with Crippen LogP contribution in [0.3, 0.4) is 0 Å². The summed E-state index contributed by atoms with van der Waals surface area (Å²) in [7, 11) is 0. The van der Waals surface area contributed by atoms with Gasteiger partial charge in [0.15, 0.2) is 11.6 Å². The molecule has 0 saturated carbocycles. The van der Waals surface area contributed by atoms with Gasteiger partial charge in [0, 0.05) is 12.1 Å². The standard InChI is InChI=1S/C14H13F2NO/c1-8-4-3-5-12(9(8)2)18-13-7-10(15)6-11(16)14(13)17/h3-7H,17H2,1-2H3. The Morgan fingerprint density at radius 2 is 1.78 bits per heavy atom. The van der Waals surface area contributed by atoms with Crippen molar-refractivity contribution in [3.63, 3.8) is 0 Å². The molecular formula is C14H13F2NO. The first-order chi connectivity index (χ1) is 8.49. The second-order valence-corrected chi connectivity index (χ2v) is 4.10. The summed E-state index contributed by atoms with van der Waals surface area (Å²) < 4.78 is 31.9. The van der Waals surface area contributed by atoms with Gasteiger partial charge in [0.05, 0.1) is 0 Å². The summed E-state index contributed by atoms with van der Waals surface area (Å²) >= 11 is 0. The molecular weight excluding hydrogens is 236 g/mol. The molecule has 0 amide bonds. The third-order valence-electron chi connectivity index (χ3n) is 2.83. The lowest BCUT2D eigenvalue weighted by Crippen LogP contribution is -1.98. The van der Waals surface area contributed by atoms with Gasteiger partial charge in [-0.15, -0.1) is 0 Å². The van der Waals surface area contributed by atoms with Gasteiger partial charge in [-0.1, -0.05) is 12.1 Å². The topological polar surface area (TPSA) is 35.2 Å². The molecule has 0 fully saturated rings. The molecule has 2 N–H and O–H groups in total. The number of hydrogen-bond donors (Lipinski definition) is 1. The SMILES string of the molecule is Cc1cccc(Oc2cc(F)cc(F)c2N)c1C. The first-order valence-electron chi connectivity index (χ1n) is 5.47. The lowest BCUT2D eigenvalue weighted by Gasteiger charge is -2.12. The molecule has 18 heavy (non-hydrogen) atoms. The molecule has 0 unspecified atom stereocenters. The van der Waals surface area contributed by atoms with Gasteiger partial charge in [-0.3, -0.25) is 0 Å². The highest BCUT2D eigenvalue weighted by Crippen LogP contribution is 2.32. The van der Waals surface area contributed by atoms with Crippen LogP contribution >= 0.6 is 0 Å². The lowest BCUT2D eigenvalue weighted by atomic mass is 10.1. The highest BCUT2D eigenvalue weighted by molar-refractivity contribution is 5.56. The van der Waals surface area contributed by atoms with E-state index < -0.39 is 11.6 Å². The van der Waals surface area contributed by atoms with E-state index in [1.807, 2.05) is 26.0 Å². The van der Waals surface area contributed by atoms with E-state index in [9.17, 15) is 8.78 Å². The van der Waals surface area contributed by atoms with E-state index in [0.717, 1.165) is 23.3 Å². The fourth-order valence-electron chi connectivity index (χ4n) is 1.60. The maximum atomic E-state index is 13.3. The molecule has 0 saturated heterocycles. The highest BCUT2D eigenvalue weighted by Gasteiger charge is 2.11. The first-order valence-corrected chi connectivity index (χ1v) is 5.47. The van der Waals surface area contributed by atoms with E-state index in [0.29, 0.717) is 5.75 Å². The Bertz CT molecular complexity index is 597. The number of aryl methyl sites for hydroxylation is 1. The molecule has 0 aliphatic carbocycles. The number of hydrogen-bond acceptors (Lipinski definition) is 2. The first kappa shape index (κ1) is 12.4. The normalized spacial score (nSPS) is 10.4. The van der Waals surface area contributed by atoms with Gasteiger partial charge in [-0.25, -0.2) is 8.78 Å². The van der Waals surface area contributed by atoms with Crippen LogP contribution in [0.2, 0.25) is 0 Å². The third-order valence-corrected chi connectivity index (χ3v) is 2.83. The number of ether oxygens (including phenoxy) is 1. The van der Waals surface area contributed by atoms with Crippen molar-refractivity contribution in [3.05, 3.63) is 53.1 Å². The second-order valence-electron chi connectivity index (χ2n) is 4.10. The van der Waals surface area contributed by atoms with E-state index >= 15 is 0 Å². The minimum absolute atomic E-state index is 0.0128. The number of rotatable bonds is 2. The van der Waals surface area contributed by atoms with Crippen molar-refractivity contribution >= 4 is 5.69 Å². The van der Waals surface area contributed by atoms with Crippen LogP contribution in [0, 0.1) is 25.5 Å². The van der Waals surface area contributed by atoms with Crippen molar-refractivity contribution in [2.45, 2.75) is 13.8 Å². The van der Waals surface area contributed by atoms with Gasteiger partial charge >= 0.3 is 0 Å². The van der Waals surface area contributed by atoms with Gasteiger partial charge < -0.3 is 10.5 Å². The minimum Gasteiger partial charge on any atom is -0.455 e. The second kappa shape index (κ2) is 4.64. The van der Waals surface area contributed by atoms with Crippen molar-refractivity contribution in [2.75, 3.05) is 5.73 Å². The van der Waals surface area contributed by atoms with Crippen LogP contribution in [0.25, 0.3) is 0 Å². The van der Waals surface area contributed by atoms with Gasteiger partial charge in [0.1, 0.15) is 17.3 Å². The zero-order valence-electron chi connectivity index (χ0n) is 10.1. The molecule has 0 radical (unpaired) electrons. The molecule has 0 spiro atoms. The van der Waals surface area contributed by atoms with Crippen LogP contribution in [0.15, 0.2) is 30.3 Å². The predicted octanol–water partition coefficient (Wildman–Crippen LogP) is 3.96. The lowest BCUT2D eigenvalue weighted by molar-refractivity contribution is 0.468. The maximum absolute atomic E-state index is 13.3. The zero-order chi connectivity index (χ0) is 13.3. The molecule has 4 heteroatoms. The van der Waals surface area contributed by atoms with E-state index in [1.165, 1.54) is 0 Å². The summed E-state index contributed by atoms with van der Waals surface area (Å²) in [6.07, 6.45) is 0. The van der Waals surface area contributed by atoms with Crippen molar-refractivity contribution in [1.82, 2.24) is 0 Å². The quantitative estimate of drug-likeness (QED) is 0.818. The largest absolute Gasteiger partial charge is 0.455 e. The van der Waals surface area contributed by atoms with Crippen LogP contribution in [0.4, 0.5) is 14.5 Å². The Balaban J connectivity index is 2.43. The number of nitrogens with two attached hydrogens (primary N) is 1. The van der Waals surface area contributed by atoms with E-state index in [2.05, 4.69) is 0 Å². The van der Waals surface area contributed by atoms with Gasteiger partial charge in [-0.05, 0) is 31.0 Å². The Morgan fingerprint density at radius 1 is 1.06 bits per heavy atom. The Labute approximate surface area is 104 Å². The van der Waals surface area contributed by atoms with Crippen LogP contribution < -0.4 is 10.5 Å². The van der Waals surface area contributed by atoms with Crippen molar-refractivity contribution in [2.24, 2.45) is 0 Å². The molecule has 2 rings (SSSR count). The molecule has 0 bridgehead atoms. The summed E-state index contributed by atoms with van der Waals surface area (Å²) in [5, 5.41) is 0. The summed E-state index contributed by atoms with van der Waals surface area (Å²) in [6, 6.07) is 7.26.